The van der Waals surface area contributed by atoms with Gasteiger partial charge in [-0.2, -0.15) is 18.6 Å². The van der Waals surface area contributed by atoms with Gasteiger partial charge in [-0.1, -0.05) is 60.1 Å². The molecule has 196 valence electrons. The Bertz CT molecular complexity index is 1710. The molecule has 0 fully saturated rings. The van der Waals surface area contributed by atoms with Crippen LogP contribution in [0.3, 0.4) is 0 Å². The van der Waals surface area contributed by atoms with E-state index in [1.807, 2.05) is 0 Å². The molecule has 0 heterocycles. The summed E-state index contributed by atoms with van der Waals surface area (Å²) in [4.78, 5) is 12.7. The van der Waals surface area contributed by atoms with Crippen LogP contribution in [0.5, 0.6) is 11.5 Å². The van der Waals surface area contributed by atoms with Crippen LogP contribution in [0, 0.1) is 0 Å². The third kappa shape index (κ3) is 6.55. The second-order valence-corrected chi connectivity index (χ2v) is 10.2. The van der Waals surface area contributed by atoms with Crippen LogP contribution in [0.25, 0.3) is 10.8 Å². The van der Waals surface area contributed by atoms with Gasteiger partial charge in [-0.05, 0) is 47.7 Å². The SMILES string of the molecule is CCc1c(N=Nc2c([O-])c(C(=O)Nc3ccc(Cl)c(OC)c3)cc3ccccc23)ccc(S(=O)(=O)O)c1Cl.[Na+]. The van der Waals surface area contributed by atoms with Crippen molar-refractivity contribution < 1.29 is 57.2 Å². The van der Waals surface area contributed by atoms with Crippen LogP contribution >= 0.6 is 23.2 Å². The van der Waals surface area contributed by atoms with Gasteiger partial charge in [-0.25, -0.2) is 0 Å². The van der Waals surface area contributed by atoms with E-state index >= 15 is 0 Å². The summed E-state index contributed by atoms with van der Waals surface area (Å²) in [5.41, 5.74) is 0.638. The van der Waals surface area contributed by atoms with Crippen LogP contribution in [-0.4, -0.2) is 26.0 Å². The molecule has 4 aromatic carbocycles. The number of benzene rings is 4. The zero-order valence-corrected chi connectivity index (χ0v) is 25.4. The van der Waals surface area contributed by atoms with Gasteiger partial charge in [0.15, 0.2) is 0 Å². The maximum atomic E-state index is 13.4. The van der Waals surface area contributed by atoms with Gasteiger partial charge >= 0.3 is 29.6 Å². The van der Waals surface area contributed by atoms with Crippen molar-refractivity contribution in [2.24, 2.45) is 10.2 Å². The molecule has 0 aliphatic rings. The van der Waals surface area contributed by atoms with Crippen molar-refractivity contribution in [3.63, 3.8) is 0 Å². The largest absolute Gasteiger partial charge is 1.00 e. The standard InChI is InChI=1S/C26H21Cl2N3O6S.Na/c1-3-16-20(10-11-22(23(16)28)38(34,35)36)30-31-24-17-7-5-4-6-14(17)12-18(25(24)32)26(33)29-15-8-9-19(27)21(13-15)37-2;/h4-13,32H,3H2,1-2H3,(H,29,33)(H,34,35,36);/q;+1/p-1. The molecule has 0 saturated heterocycles. The fourth-order valence-electron chi connectivity index (χ4n) is 3.84. The number of fused-ring (bicyclic) bond motifs is 1. The van der Waals surface area contributed by atoms with Gasteiger partial charge in [0.05, 0.1) is 28.5 Å². The number of carbonyl (C=O) groups excluding carboxylic acids is 1. The minimum Gasteiger partial charge on any atom is -0.870 e. The number of methoxy groups -OCH3 is 1. The molecule has 0 radical (unpaired) electrons. The number of nitrogens with zero attached hydrogens (tertiary/aromatic N) is 2. The third-order valence-corrected chi connectivity index (χ3v) is 7.45. The van der Waals surface area contributed by atoms with Crippen molar-refractivity contribution in [1.82, 2.24) is 0 Å². The molecule has 0 aliphatic carbocycles. The fraction of sp³-hybridized carbons (Fsp3) is 0.115. The Balaban J connectivity index is 0.00000420. The van der Waals surface area contributed by atoms with Crippen molar-refractivity contribution >= 4 is 67.1 Å². The van der Waals surface area contributed by atoms with Crippen LogP contribution in [0.1, 0.15) is 22.8 Å². The summed E-state index contributed by atoms with van der Waals surface area (Å²) in [6, 6.07) is 15.4. The monoisotopic (exact) mass is 595 g/mol. The number of halogens is 2. The average Bonchev–Trinajstić information content (AvgIpc) is 2.88. The van der Waals surface area contributed by atoms with Gasteiger partial charge in [0.1, 0.15) is 10.6 Å². The van der Waals surface area contributed by atoms with Crippen LogP contribution < -0.4 is 44.7 Å². The maximum absolute atomic E-state index is 13.4. The molecule has 0 spiro atoms. The molecule has 0 bridgehead atoms. The predicted molar refractivity (Wildman–Crippen MR) is 144 cm³/mol. The number of nitrogens with one attached hydrogen (secondary N) is 1. The van der Waals surface area contributed by atoms with E-state index < -0.39 is 26.7 Å². The van der Waals surface area contributed by atoms with E-state index in [0.717, 1.165) is 6.07 Å². The van der Waals surface area contributed by atoms with E-state index in [9.17, 15) is 22.9 Å². The van der Waals surface area contributed by atoms with Gasteiger partial charge in [0.25, 0.3) is 16.0 Å². The van der Waals surface area contributed by atoms with Crippen molar-refractivity contribution in [3.05, 3.63) is 81.8 Å². The number of amides is 1. The molecule has 0 unspecified atom stereocenters. The van der Waals surface area contributed by atoms with E-state index in [0.29, 0.717) is 32.8 Å². The third-order valence-electron chi connectivity index (χ3n) is 5.70. The van der Waals surface area contributed by atoms with Crippen molar-refractivity contribution in [1.29, 1.82) is 0 Å². The summed E-state index contributed by atoms with van der Waals surface area (Å²) in [5.74, 6) is -0.980. The number of azo groups is 1. The molecule has 4 aromatic rings. The predicted octanol–water partition coefficient (Wildman–Crippen LogP) is 3.71. The van der Waals surface area contributed by atoms with Gasteiger partial charge in [0, 0.05) is 22.7 Å². The Hall–Kier alpha value is -2.70. The molecule has 2 N–H and O–H groups in total. The molecule has 39 heavy (non-hydrogen) atoms. The van der Waals surface area contributed by atoms with Crippen LogP contribution in [-0.2, 0) is 16.5 Å². The fourth-order valence-corrected chi connectivity index (χ4v) is 5.21. The number of hydrogen-bond donors (Lipinski definition) is 2. The molecule has 0 atom stereocenters. The Morgan fingerprint density at radius 3 is 2.46 bits per heavy atom. The summed E-state index contributed by atoms with van der Waals surface area (Å²) in [6.07, 6.45) is 0.272. The number of anilines is 1. The minimum absolute atomic E-state index is 0. The average molecular weight is 596 g/mol. The zero-order valence-electron chi connectivity index (χ0n) is 21.0. The first-order valence-electron chi connectivity index (χ1n) is 11.1. The quantitative estimate of drug-likeness (QED) is 0.189. The normalized spacial score (nSPS) is 11.4. The van der Waals surface area contributed by atoms with E-state index in [1.165, 1.54) is 25.3 Å². The first-order chi connectivity index (χ1) is 18.0. The molecule has 0 aromatic heterocycles. The topological polar surface area (TPSA) is 140 Å². The van der Waals surface area contributed by atoms with Crippen LogP contribution in [0.2, 0.25) is 10.0 Å². The molecule has 4 rings (SSSR count). The number of carbonyl (C=O) groups is 1. The van der Waals surface area contributed by atoms with Gasteiger partial charge in [-0.15, -0.1) is 0 Å². The van der Waals surface area contributed by atoms with E-state index in [4.69, 9.17) is 27.9 Å². The summed E-state index contributed by atoms with van der Waals surface area (Å²) in [7, 11) is -3.11. The molecule has 1 amide bonds. The maximum Gasteiger partial charge on any atom is 1.00 e. The molecule has 0 saturated carbocycles. The van der Waals surface area contributed by atoms with Crippen molar-refractivity contribution in [3.8, 4) is 11.5 Å². The number of rotatable bonds is 7. The molecule has 9 nitrogen and oxygen atoms in total. The zero-order chi connectivity index (χ0) is 27.6. The van der Waals surface area contributed by atoms with Gasteiger partial charge in [-0.3, -0.25) is 9.35 Å². The summed E-state index contributed by atoms with van der Waals surface area (Å²) < 4.78 is 37.8. The molecule has 13 heteroatoms. The Morgan fingerprint density at radius 2 is 1.79 bits per heavy atom. The summed E-state index contributed by atoms with van der Waals surface area (Å²) in [5, 5.41) is 25.6. The van der Waals surface area contributed by atoms with Gasteiger partial charge in [0.2, 0.25) is 0 Å². The first kappa shape index (κ1) is 30.8. The second kappa shape index (κ2) is 12.6. The van der Waals surface area contributed by atoms with Gasteiger partial charge < -0.3 is 15.2 Å². The Morgan fingerprint density at radius 1 is 1.08 bits per heavy atom. The summed E-state index contributed by atoms with van der Waals surface area (Å²) in [6.45, 7) is 1.72. The molecular weight excluding hydrogens is 576 g/mol. The van der Waals surface area contributed by atoms with Crippen molar-refractivity contribution in [2.75, 3.05) is 12.4 Å². The second-order valence-electron chi connectivity index (χ2n) is 8.03. The van der Waals surface area contributed by atoms with Crippen LogP contribution in [0.4, 0.5) is 17.1 Å². The number of hydrogen-bond acceptors (Lipinski definition) is 7. The minimum atomic E-state index is -4.55. The first-order valence-corrected chi connectivity index (χ1v) is 13.3. The Labute approximate surface area is 256 Å². The molecular formula is C26H20Cl2N3NaO6S. The van der Waals surface area contributed by atoms with E-state index in [2.05, 4.69) is 15.5 Å². The van der Waals surface area contributed by atoms with E-state index in [1.54, 1.807) is 43.3 Å². The smallest absolute Gasteiger partial charge is 0.870 e. The van der Waals surface area contributed by atoms with Crippen molar-refractivity contribution in [2.45, 2.75) is 18.2 Å². The number of ether oxygens (including phenoxy) is 1. The Kier molecular flexibility index (Phi) is 10.0. The van der Waals surface area contributed by atoms with E-state index in [-0.39, 0.29) is 57.9 Å². The summed E-state index contributed by atoms with van der Waals surface area (Å²) >= 11 is 12.3. The molecule has 0 aliphatic heterocycles. The van der Waals surface area contributed by atoms with Crippen LogP contribution in [0.15, 0.2) is 75.8 Å².